The molecule has 2 unspecified atom stereocenters. The number of rotatable bonds is 10. The molecule has 0 amide bonds. The first kappa shape index (κ1) is 27.4. The molecule has 4 aromatic carbocycles. The second-order valence-corrected chi connectivity index (χ2v) is 12.0. The van der Waals surface area contributed by atoms with Gasteiger partial charge in [0.15, 0.2) is 0 Å². The van der Waals surface area contributed by atoms with E-state index in [1.807, 2.05) is 0 Å². The zero-order valence-corrected chi connectivity index (χ0v) is 23.7. The highest BCUT2D eigenvalue weighted by Gasteiger charge is 2.67. The van der Waals surface area contributed by atoms with Crippen LogP contribution >= 0.6 is 0 Å². The Labute approximate surface area is 245 Å². The quantitative estimate of drug-likeness (QED) is 0.219. The van der Waals surface area contributed by atoms with Gasteiger partial charge in [-0.15, -0.1) is 0 Å². The van der Waals surface area contributed by atoms with E-state index in [-0.39, 0.29) is 22.7 Å². The minimum atomic E-state index is -0.491. The van der Waals surface area contributed by atoms with Crippen molar-refractivity contribution in [1.82, 2.24) is 0 Å². The van der Waals surface area contributed by atoms with Crippen LogP contribution in [0.25, 0.3) is 12.2 Å². The number of allylic oxidation sites excluding steroid dienone is 2. The highest BCUT2D eigenvalue weighted by atomic mass is 16.5. The molecule has 6 rings (SSSR count). The maximum Gasteiger partial charge on any atom is 0.0672 e. The second-order valence-electron chi connectivity index (χ2n) is 12.0. The van der Waals surface area contributed by atoms with Gasteiger partial charge in [0, 0.05) is 10.8 Å². The summed E-state index contributed by atoms with van der Waals surface area (Å²) in [4.78, 5) is 0. The van der Waals surface area contributed by atoms with E-state index in [0.29, 0.717) is 13.2 Å². The van der Waals surface area contributed by atoms with Crippen molar-refractivity contribution in [3.05, 3.63) is 156 Å². The van der Waals surface area contributed by atoms with Crippen LogP contribution in [-0.4, -0.2) is 24.4 Å². The Morgan fingerprint density at radius 3 is 1.32 bits per heavy atom. The Morgan fingerprint density at radius 2 is 0.927 bits per heavy atom. The van der Waals surface area contributed by atoms with Gasteiger partial charge in [0.25, 0.3) is 0 Å². The Balaban J connectivity index is 1.42. The van der Waals surface area contributed by atoms with Gasteiger partial charge in [0.05, 0.1) is 19.3 Å². The van der Waals surface area contributed by atoms with Gasteiger partial charge in [-0.1, -0.05) is 146 Å². The molecule has 41 heavy (non-hydrogen) atoms. The van der Waals surface area contributed by atoms with Crippen LogP contribution in [0.5, 0.6) is 0 Å². The molecule has 1 aliphatic heterocycles. The largest absolute Gasteiger partial charge is 0.392 e. The number of hydrogen-bond donors (Lipinski definition) is 1. The first-order valence-electron chi connectivity index (χ1n) is 15.0. The van der Waals surface area contributed by atoms with Crippen LogP contribution in [0.2, 0.25) is 0 Å². The minimum absolute atomic E-state index is 0.270. The summed E-state index contributed by atoms with van der Waals surface area (Å²) < 4.78 is 6.32. The summed E-state index contributed by atoms with van der Waals surface area (Å²) in [6, 6.07) is 42.5. The standard InChI is InChI=1S/C39H40O2/c40-37-38(27-33-19-9-3-10-20-33,25-13-23-31-15-5-1-6-16-31)35-29-41-30-36(35)39(37,28-34-21-11-4-12-22-34)26-14-24-32-17-7-2-8-18-32/h1-24,35-37,40H,25-30H2/b23-13+,24-14+/t35?,36?,37?,38-,39-/m0/s1. The van der Waals surface area contributed by atoms with Crippen LogP contribution in [0.1, 0.15) is 35.1 Å². The van der Waals surface area contributed by atoms with Crippen molar-refractivity contribution in [2.24, 2.45) is 22.7 Å². The third-order valence-corrected chi connectivity index (χ3v) is 9.61. The summed E-state index contributed by atoms with van der Waals surface area (Å²) >= 11 is 0. The first-order valence-corrected chi connectivity index (χ1v) is 15.0. The highest BCUT2D eigenvalue weighted by molar-refractivity contribution is 5.50. The van der Waals surface area contributed by atoms with E-state index in [2.05, 4.69) is 146 Å². The highest BCUT2D eigenvalue weighted by Crippen LogP contribution is 2.64. The van der Waals surface area contributed by atoms with Crippen molar-refractivity contribution in [3.8, 4) is 0 Å². The summed E-state index contributed by atoms with van der Waals surface area (Å²) in [7, 11) is 0. The molecule has 1 aliphatic carbocycles. The fraction of sp³-hybridized carbons (Fsp3) is 0.282. The van der Waals surface area contributed by atoms with E-state index in [4.69, 9.17) is 4.74 Å². The summed E-state index contributed by atoms with van der Waals surface area (Å²) in [5.41, 5.74) is 4.28. The molecule has 2 aliphatic rings. The van der Waals surface area contributed by atoms with Crippen molar-refractivity contribution < 1.29 is 9.84 Å². The van der Waals surface area contributed by atoms with Gasteiger partial charge in [-0.3, -0.25) is 0 Å². The van der Waals surface area contributed by atoms with Crippen LogP contribution in [0.4, 0.5) is 0 Å². The Kier molecular flexibility index (Phi) is 8.32. The summed E-state index contributed by atoms with van der Waals surface area (Å²) in [6.45, 7) is 1.40. The van der Waals surface area contributed by atoms with Gasteiger partial charge in [0.2, 0.25) is 0 Å². The number of hydrogen-bond acceptors (Lipinski definition) is 2. The summed E-state index contributed by atoms with van der Waals surface area (Å²) in [5.74, 6) is 0.541. The predicted octanol–water partition coefficient (Wildman–Crippen LogP) is 8.29. The molecule has 208 valence electrons. The van der Waals surface area contributed by atoms with Crippen molar-refractivity contribution in [1.29, 1.82) is 0 Å². The van der Waals surface area contributed by atoms with E-state index in [0.717, 1.165) is 25.7 Å². The fourth-order valence-corrected chi connectivity index (χ4v) is 7.70. The lowest BCUT2D eigenvalue weighted by Crippen LogP contribution is -2.46. The molecule has 1 heterocycles. The monoisotopic (exact) mass is 540 g/mol. The number of ether oxygens (including phenoxy) is 1. The molecule has 0 radical (unpaired) electrons. The molecule has 1 N–H and O–H groups in total. The third kappa shape index (κ3) is 5.73. The van der Waals surface area contributed by atoms with Gasteiger partial charge in [-0.25, -0.2) is 0 Å². The molecule has 2 heteroatoms. The molecule has 2 fully saturated rings. The summed E-state index contributed by atoms with van der Waals surface area (Å²) in [6.07, 6.45) is 11.8. The lowest BCUT2D eigenvalue weighted by Gasteiger charge is -2.42. The molecule has 1 saturated carbocycles. The SMILES string of the molecule is OC1[C@@](C/C=C/c2ccccc2)(Cc2ccccc2)C2COCC2[C@]1(C/C=C/c1ccccc1)Cc1ccccc1. The van der Waals surface area contributed by atoms with Gasteiger partial charge in [0.1, 0.15) is 0 Å². The second kappa shape index (κ2) is 12.4. The van der Waals surface area contributed by atoms with Crippen molar-refractivity contribution in [2.45, 2.75) is 31.8 Å². The fourth-order valence-electron chi connectivity index (χ4n) is 7.70. The molecule has 0 bridgehead atoms. The van der Waals surface area contributed by atoms with Crippen molar-refractivity contribution in [3.63, 3.8) is 0 Å². The van der Waals surface area contributed by atoms with Gasteiger partial charge < -0.3 is 9.84 Å². The molecular weight excluding hydrogens is 500 g/mol. The third-order valence-electron chi connectivity index (χ3n) is 9.61. The van der Waals surface area contributed by atoms with Crippen molar-refractivity contribution in [2.75, 3.05) is 13.2 Å². The van der Waals surface area contributed by atoms with Gasteiger partial charge in [-0.05, 0) is 59.8 Å². The summed E-state index contributed by atoms with van der Waals surface area (Å²) in [5, 5.41) is 12.8. The van der Waals surface area contributed by atoms with Crippen molar-refractivity contribution >= 4 is 12.2 Å². The minimum Gasteiger partial charge on any atom is -0.392 e. The van der Waals surface area contributed by atoms with Crippen LogP contribution in [0.3, 0.4) is 0 Å². The van der Waals surface area contributed by atoms with Gasteiger partial charge in [-0.2, -0.15) is 0 Å². The van der Waals surface area contributed by atoms with Gasteiger partial charge >= 0.3 is 0 Å². The Bertz CT molecular complexity index is 1320. The average molecular weight is 541 g/mol. The van der Waals surface area contributed by atoms with E-state index in [1.54, 1.807) is 0 Å². The van der Waals surface area contributed by atoms with Crippen LogP contribution in [-0.2, 0) is 17.6 Å². The smallest absolute Gasteiger partial charge is 0.0672 e. The van der Waals surface area contributed by atoms with E-state index in [9.17, 15) is 5.11 Å². The normalized spacial score (nSPS) is 27.5. The predicted molar refractivity (Wildman–Crippen MR) is 169 cm³/mol. The molecular formula is C39H40O2. The molecule has 4 aromatic rings. The molecule has 1 saturated heterocycles. The first-order chi connectivity index (χ1) is 20.2. The number of fused-ring (bicyclic) bond motifs is 1. The number of aliphatic hydroxyl groups is 1. The van der Waals surface area contributed by atoms with E-state index < -0.39 is 6.10 Å². The zero-order valence-electron chi connectivity index (χ0n) is 23.7. The maximum atomic E-state index is 12.8. The van der Waals surface area contributed by atoms with E-state index in [1.165, 1.54) is 22.3 Å². The molecule has 0 spiro atoms. The topological polar surface area (TPSA) is 29.5 Å². The van der Waals surface area contributed by atoms with Crippen LogP contribution < -0.4 is 0 Å². The Hall–Kier alpha value is -3.72. The average Bonchev–Trinajstić information content (AvgIpc) is 3.58. The zero-order chi connectivity index (χ0) is 28.0. The lowest BCUT2D eigenvalue weighted by atomic mass is 9.65. The number of benzene rings is 4. The molecule has 0 aromatic heterocycles. The number of aliphatic hydroxyl groups excluding tert-OH is 1. The maximum absolute atomic E-state index is 12.8. The molecule has 4 atom stereocenters. The van der Waals surface area contributed by atoms with Crippen LogP contribution in [0.15, 0.2) is 133 Å². The lowest BCUT2D eigenvalue weighted by molar-refractivity contribution is -0.0566. The van der Waals surface area contributed by atoms with E-state index >= 15 is 0 Å². The van der Waals surface area contributed by atoms with Crippen LogP contribution in [0, 0.1) is 22.7 Å². The Morgan fingerprint density at radius 1 is 0.561 bits per heavy atom. The molecule has 2 nitrogen and oxygen atoms in total.